The lowest BCUT2D eigenvalue weighted by Gasteiger charge is -2.34. The van der Waals surface area contributed by atoms with E-state index in [0.717, 1.165) is 37.5 Å². The van der Waals surface area contributed by atoms with Gasteiger partial charge < -0.3 is 5.32 Å². The predicted molar refractivity (Wildman–Crippen MR) is 117 cm³/mol. The Hall–Kier alpha value is -1.67. The topological polar surface area (TPSA) is 75.3 Å². The van der Waals surface area contributed by atoms with Crippen molar-refractivity contribution in [2.45, 2.75) is 44.0 Å². The second-order valence-corrected chi connectivity index (χ2v) is 10.3. The number of hydrogen-bond donors (Lipinski definition) is 2. The molecule has 0 aromatic heterocycles. The van der Waals surface area contributed by atoms with Gasteiger partial charge in [-0.25, -0.2) is 17.5 Å². The van der Waals surface area contributed by atoms with Gasteiger partial charge in [-0.05, 0) is 54.7 Å². The lowest BCUT2D eigenvalue weighted by Crippen LogP contribution is -2.43. The van der Waals surface area contributed by atoms with E-state index < -0.39 is 27.3 Å². The van der Waals surface area contributed by atoms with E-state index in [-0.39, 0.29) is 27.6 Å². The normalized spacial score (nSPS) is 22.0. The van der Waals surface area contributed by atoms with Crippen LogP contribution < -0.4 is 10.0 Å². The van der Waals surface area contributed by atoms with Crippen molar-refractivity contribution in [3.05, 3.63) is 57.8 Å². The van der Waals surface area contributed by atoms with Crippen LogP contribution in [0.5, 0.6) is 0 Å². The van der Waals surface area contributed by atoms with Crippen molar-refractivity contribution in [2.24, 2.45) is 11.8 Å². The van der Waals surface area contributed by atoms with Crippen LogP contribution in [0.2, 0.25) is 10.0 Å². The summed E-state index contributed by atoms with van der Waals surface area (Å²) in [4.78, 5) is 12.4. The van der Waals surface area contributed by atoms with Crippen molar-refractivity contribution in [3.8, 4) is 0 Å². The third-order valence-corrected chi connectivity index (χ3v) is 7.73. The molecule has 1 aliphatic rings. The Labute approximate surface area is 186 Å². The van der Waals surface area contributed by atoms with Crippen molar-refractivity contribution in [1.29, 1.82) is 0 Å². The van der Waals surface area contributed by atoms with Gasteiger partial charge in [0.25, 0.3) is 5.91 Å². The summed E-state index contributed by atoms with van der Waals surface area (Å²) in [7, 11) is -3.92. The Morgan fingerprint density at radius 1 is 1.10 bits per heavy atom. The molecule has 0 spiro atoms. The molecule has 1 saturated carbocycles. The molecular formula is C21H23Cl2FN2O3S. The number of sulfonamides is 1. The minimum Gasteiger partial charge on any atom is -0.320 e. The van der Waals surface area contributed by atoms with E-state index in [1.165, 1.54) is 12.1 Å². The van der Waals surface area contributed by atoms with Gasteiger partial charge in [-0.2, -0.15) is 0 Å². The quantitative estimate of drug-likeness (QED) is 0.603. The highest BCUT2D eigenvalue weighted by Gasteiger charge is 2.31. The first-order chi connectivity index (χ1) is 14.1. The third-order valence-electron chi connectivity index (χ3n) is 5.68. The van der Waals surface area contributed by atoms with Crippen LogP contribution in [0.15, 0.2) is 41.3 Å². The molecular weight excluding hydrogens is 450 g/mol. The SMILES string of the molecule is C[C@H]1[C@H](C)CCC[C@@H]1NS(=O)(=O)c1ccc(F)c(C(=O)Nc2cc(Cl)ccc2Cl)c1. The fourth-order valence-electron chi connectivity index (χ4n) is 3.64. The summed E-state index contributed by atoms with van der Waals surface area (Å²) < 4.78 is 42.8. The first-order valence-corrected chi connectivity index (χ1v) is 11.9. The molecule has 0 radical (unpaired) electrons. The van der Waals surface area contributed by atoms with Crippen molar-refractivity contribution in [2.75, 3.05) is 5.32 Å². The zero-order valence-electron chi connectivity index (χ0n) is 16.6. The second kappa shape index (κ2) is 9.22. The molecule has 0 saturated heterocycles. The Morgan fingerprint density at radius 3 is 2.57 bits per heavy atom. The highest BCUT2D eigenvalue weighted by atomic mass is 35.5. The van der Waals surface area contributed by atoms with Gasteiger partial charge in [0.15, 0.2) is 0 Å². The minimum absolute atomic E-state index is 0.170. The molecule has 3 atom stereocenters. The number of nitrogens with one attached hydrogen (secondary N) is 2. The summed E-state index contributed by atoms with van der Waals surface area (Å²) in [6, 6.07) is 7.41. The number of hydrogen-bond acceptors (Lipinski definition) is 3. The van der Waals surface area contributed by atoms with E-state index >= 15 is 0 Å². The molecule has 3 rings (SSSR count). The van der Waals surface area contributed by atoms with Crippen LogP contribution in [0.4, 0.5) is 10.1 Å². The van der Waals surface area contributed by atoms with E-state index in [4.69, 9.17) is 23.2 Å². The first-order valence-electron chi connectivity index (χ1n) is 9.67. The van der Waals surface area contributed by atoms with Crippen LogP contribution in [0, 0.1) is 17.7 Å². The van der Waals surface area contributed by atoms with Gasteiger partial charge in [-0.3, -0.25) is 4.79 Å². The number of rotatable bonds is 5. The maximum absolute atomic E-state index is 14.3. The monoisotopic (exact) mass is 472 g/mol. The maximum atomic E-state index is 14.3. The number of carbonyl (C=O) groups excluding carboxylic acids is 1. The van der Waals surface area contributed by atoms with Gasteiger partial charge >= 0.3 is 0 Å². The second-order valence-electron chi connectivity index (χ2n) is 7.72. The first kappa shape index (κ1) is 23.0. The van der Waals surface area contributed by atoms with Gasteiger partial charge in [0, 0.05) is 11.1 Å². The molecule has 162 valence electrons. The standard InChI is InChI=1S/C21H23Cl2FN2O3S/c1-12-4-3-5-19(13(12)2)26-30(28,29)15-7-9-18(24)16(11-15)21(27)25-20-10-14(22)6-8-17(20)23/h6-13,19,26H,3-5H2,1-2H3,(H,25,27)/t12-,13+,19+/m1/s1. The molecule has 0 bridgehead atoms. The summed E-state index contributed by atoms with van der Waals surface area (Å²) >= 11 is 11.9. The van der Waals surface area contributed by atoms with E-state index in [0.29, 0.717) is 10.9 Å². The van der Waals surface area contributed by atoms with Crippen molar-refractivity contribution < 1.29 is 17.6 Å². The lowest BCUT2D eigenvalue weighted by molar-refractivity contribution is 0.102. The molecule has 2 N–H and O–H groups in total. The average Bonchev–Trinajstić information content (AvgIpc) is 2.68. The molecule has 2 aromatic carbocycles. The van der Waals surface area contributed by atoms with Crippen molar-refractivity contribution in [3.63, 3.8) is 0 Å². The molecule has 2 aromatic rings. The largest absolute Gasteiger partial charge is 0.320 e. The van der Waals surface area contributed by atoms with Crippen LogP contribution in [0.3, 0.4) is 0 Å². The van der Waals surface area contributed by atoms with Crippen LogP contribution in [0.1, 0.15) is 43.5 Å². The lowest BCUT2D eigenvalue weighted by atomic mass is 9.78. The maximum Gasteiger partial charge on any atom is 0.258 e. The van der Waals surface area contributed by atoms with Gasteiger partial charge in [0.05, 0.1) is 21.2 Å². The van der Waals surface area contributed by atoms with E-state index in [9.17, 15) is 17.6 Å². The van der Waals surface area contributed by atoms with Crippen LogP contribution in [0.25, 0.3) is 0 Å². The highest BCUT2D eigenvalue weighted by molar-refractivity contribution is 7.89. The molecule has 30 heavy (non-hydrogen) atoms. The van der Waals surface area contributed by atoms with Gasteiger partial charge in [-0.15, -0.1) is 0 Å². The van der Waals surface area contributed by atoms with Gasteiger partial charge in [-0.1, -0.05) is 49.9 Å². The van der Waals surface area contributed by atoms with E-state index in [1.807, 2.05) is 6.92 Å². The zero-order chi connectivity index (χ0) is 22.1. The fraction of sp³-hybridized carbons (Fsp3) is 0.381. The number of halogens is 3. The van der Waals surface area contributed by atoms with Crippen LogP contribution in [-0.2, 0) is 10.0 Å². The van der Waals surface area contributed by atoms with Crippen molar-refractivity contribution in [1.82, 2.24) is 4.72 Å². The molecule has 1 amide bonds. The number of benzene rings is 2. The third kappa shape index (κ3) is 5.14. The fourth-order valence-corrected chi connectivity index (χ4v) is 5.37. The average molecular weight is 473 g/mol. The number of carbonyl (C=O) groups is 1. The summed E-state index contributed by atoms with van der Waals surface area (Å²) in [6.45, 7) is 4.13. The Bertz CT molecular complexity index is 1060. The molecule has 0 heterocycles. The number of anilines is 1. The van der Waals surface area contributed by atoms with Crippen LogP contribution >= 0.6 is 23.2 Å². The Morgan fingerprint density at radius 2 is 1.83 bits per heavy atom. The van der Waals surface area contributed by atoms with Gasteiger partial charge in [0.2, 0.25) is 10.0 Å². The molecule has 0 unspecified atom stereocenters. The smallest absolute Gasteiger partial charge is 0.258 e. The Balaban J connectivity index is 1.85. The summed E-state index contributed by atoms with van der Waals surface area (Å²) in [5.41, 5.74) is -0.205. The number of amides is 1. The molecule has 5 nitrogen and oxygen atoms in total. The van der Waals surface area contributed by atoms with E-state index in [1.54, 1.807) is 6.07 Å². The summed E-state index contributed by atoms with van der Waals surface area (Å²) in [6.07, 6.45) is 2.75. The Kier molecular flexibility index (Phi) is 7.07. The van der Waals surface area contributed by atoms with Crippen molar-refractivity contribution >= 4 is 44.8 Å². The molecule has 0 aliphatic heterocycles. The summed E-state index contributed by atoms with van der Waals surface area (Å²) in [5.74, 6) is -1.08. The molecule has 1 aliphatic carbocycles. The zero-order valence-corrected chi connectivity index (χ0v) is 18.9. The van der Waals surface area contributed by atoms with Gasteiger partial charge in [0.1, 0.15) is 5.82 Å². The van der Waals surface area contributed by atoms with E-state index in [2.05, 4.69) is 17.0 Å². The van der Waals surface area contributed by atoms with Crippen LogP contribution in [-0.4, -0.2) is 20.4 Å². The summed E-state index contributed by atoms with van der Waals surface area (Å²) in [5, 5.41) is 3.03. The highest BCUT2D eigenvalue weighted by Crippen LogP contribution is 2.31. The predicted octanol–water partition coefficient (Wildman–Crippen LogP) is 5.49. The molecule has 1 fully saturated rings. The minimum atomic E-state index is -3.92. The molecule has 9 heteroatoms.